The molecular weight excluding hydrogens is 617 g/mol. The molecule has 1 aliphatic heterocycles. The van der Waals surface area contributed by atoms with Crippen molar-refractivity contribution in [2.45, 2.75) is 19.3 Å². The summed E-state index contributed by atoms with van der Waals surface area (Å²) < 4.78 is 0. The van der Waals surface area contributed by atoms with Crippen molar-refractivity contribution in [3.8, 4) is 22.3 Å². The first-order valence-electron chi connectivity index (χ1n) is 17.7. The second-order valence-corrected chi connectivity index (χ2v) is 13.8. The normalized spacial score (nSPS) is 13.0. The summed E-state index contributed by atoms with van der Waals surface area (Å²) in [6, 6.07) is 70.4. The molecule has 0 atom stereocenters. The van der Waals surface area contributed by atoms with E-state index in [9.17, 15) is 0 Å². The zero-order valence-corrected chi connectivity index (χ0v) is 28.9. The van der Waals surface area contributed by atoms with Gasteiger partial charge in [-0.2, -0.15) is 0 Å². The molecule has 0 radical (unpaired) electrons. The fourth-order valence-electron chi connectivity index (χ4n) is 7.87. The highest BCUT2D eigenvalue weighted by Gasteiger charge is 2.38. The highest BCUT2D eigenvalue weighted by Crippen LogP contribution is 2.56. The van der Waals surface area contributed by atoms with Crippen LogP contribution in [-0.2, 0) is 5.41 Å². The maximum Gasteiger partial charge on any atom is 0.0781 e. The van der Waals surface area contributed by atoms with Gasteiger partial charge in [-0.15, -0.1) is 0 Å². The van der Waals surface area contributed by atoms with Crippen molar-refractivity contribution in [3.05, 3.63) is 205 Å². The average molecular weight is 655 g/mol. The summed E-state index contributed by atoms with van der Waals surface area (Å²) in [5, 5.41) is 2.40. The topological polar surface area (TPSA) is 6.48 Å². The zero-order chi connectivity index (χ0) is 34.4. The maximum absolute atomic E-state index is 2.54. The Labute approximate surface area is 300 Å². The second-order valence-electron chi connectivity index (χ2n) is 13.8. The minimum Gasteiger partial charge on any atom is -0.308 e. The third-order valence-electron chi connectivity index (χ3n) is 10.4. The standard InChI is InChI=1S/C49H38N2/c1-49(2)43-24-14-15-25-45(43)51(47-34-39(28-32-44(47)49)36-18-8-4-9-19-36)48-42-23-13-12-20-38(42)29-33-46(48)50(40-21-10-5-11-22-40)41-30-26-37(27-31-41)35-16-6-3-7-17-35/h3-34H,1-2H3. The van der Waals surface area contributed by atoms with Gasteiger partial charge in [0.25, 0.3) is 0 Å². The van der Waals surface area contributed by atoms with Gasteiger partial charge in [-0.25, -0.2) is 0 Å². The molecule has 0 saturated heterocycles. The zero-order valence-electron chi connectivity index (χ0n) is 28.9. The fraction of sp³-hybridized carbons (Fsp3) is 0.0612. The monoisotopic (exact) mass is 654 g/mol. The molecule has 244 valence electrons. The van der Waals surface area contributed by atoms with Crippen LogP contribution in [-0.4, -0.2) is 0 Å². The summed E-state index contributed by atoms with van der Waals surface area (Å²) in [5.74, 6) is 0. The van der Waals surface area contributed by atoms with E-state index in [1.165, 1.54) is 55.5 Å². The van der Waals surface area contributed by atoms with E-state index in [1.807, 2.05) is 0 Å². The van der Waals surface area contributed by atoms with E-state index in [0.29, 0.717) is 0 Å². The van der Waals surface area contributed by atoms with Crippen LogP contribution in [0.4, 0.5) is 34.1 Å². The van der Waals surface area contributed by atoms with Gasteiger partial charge in [-0.05, 0) is 81.2 Å². The van der Waals surface area contributed by atoms with Crippen LogP contribution in [0.25, 0.3) is 33.0 Å². The van der Waals surface area contributed by atoms with Crippen LogP contribution in [0.3, 0.4) is 0 Å². The molecule has 0 fully saturated rings. The molecule has 0 aliphatic carbocycles. The Morgan fingerprint density at radius 1 is 0.412 bits per heavy atom. The lowest BCUT2D eigenvalue weighted by molar-refractivity contribution is 0.632. The number of fused-ring (bicyclic) bond motifs is 3. The Kier molecular flexibility index (Phi) is 7.51. The van der Waals surface area contributed by atoms with Gasteiger partial charge in [0.15, 0.2) is 0 Å². The summed E-state index contributed by atoms with van der Waals surface area (Å²) in [4.78, 5) is 4.95. The Bertz CT molecular complexity index is 2480. The number of nitrogens with zero attached hydrogens (tertiary/aromatic N) is 2. The van der Waals surface area contributed by atoms with E-state index >= 15 is 0 Å². The molecule has 2 heteroatoms. The van der Waals surface area contributed by atoms with Crippen molar-refractivity contribution in [2.75, 3.05) is 9.80 Å². The highest BCUT2D eigenvalue weighted by molar-refractivity contribution is 6.08. The van der Waals surface area contributed by atoms with Crippen LogP contribution in [0.15, 0.2) is 194 Å². The SMILES string of the molecule is CC1(C)c2ccccc2N(c2c(N(c3ccccc3)c3ccc(-c4ccccc4)cc3)ccc3ccccc23)c2cc(-c3ccccc3)ccc21. The lowest BCUT2D eigenvalue weighted by Crippen LogP contribution is -2.31. The van der Waals surface area contributed by atoms with Crippen molar-refractivity contribution in [2.24, 2.45) is 0 Å². The van der Waals surface area contributed by atoms with Crippen molar-refractivity contribution < 1.29 is 0 Å². The second kappa shape index (κ2) is 12.5. The van der Waals surface area contributed by atoms with E-state index in [4.69, 9.17) is 0 Å². The summed E-state index contributed by atoms with van der Waals surface area (Å²) in [7, 11) is 0. The summed E-state index contributed by atoms with van der Waals surface area (Å²) in [6.07, 6.45) is 0. The van der Waals surface area contributed by atoms with Crippen molar-refractivity contribution in [3.63, 3.8) is 0 Å². The van der Waals surface area contributed by atoms with E-state index in [2.05, 4.69) is 218 Å². The molecule has 8 aromatic rings. The van der Waals surface area contributed by atoms with Crippen molar-refractivity contribution in [1.29, 1.82) is 0 Å². The molecule has 2 nitrogen and oxygen atoms in total. The quantitative estimate of drug-likeness (QED) is 0.176. The first-order valence-corrected chi connectivity index (χ1v) is 17.7. The third kappa shape index (κ3) is 5.28. The van der Waals surface area contributed by atoms with Crippen LogP contribution in [0.2, 0.25) is 0 Å². The van der Waals surface area contributed by atoms with Gasteiger partial charge < -0.3 is 9.80 Å². The Morgan fingerprint density at radius 2 is 0.941 bits per heavy atom. The predicted octanol–water partition coefficient (Wildman–Crippen LogP) is 13.8. The lowest BCUT2D eigenvalue weighted by Gasteiger charge is -2.44. The summed E-state index contributed by atoms with van der Waals surface area (Å²) in [6.45, 7) is 4.72. The molecule has 0 aromatic heterocycles. The van der Waals surface area contributed by atoms with Gasteiger partial charge in [-0.3, -0.25) is 0 Å². The molecule has 9 rings (SSSR count). The average Bonchev–Trinajstić information content (AvgIpc) is 3.20. The van der Waals surface area contributed by atoms with Gasteiger partial charge in [0.1, 0.15) is 0 Å². The molecule has 0 spiro atoms. The van der Waals surface area contributed by atoms with E-state index in [-0.39, 0.29) is 5.41 Å². The molecule has 0 unspecified atom stereocenters. The van der Waals surface area contributed by atoms with Crippen LogP contribution in [0, 0.1) is 0 Å². The number of anilines is 6. The Hall–Kier alpha value is -6.38. The van der Waals surface area contributed by atoms with Gasteiger partial charge in [0, 0.05) is 22.2 Å². The molecule has 0 bridgehead atoms. The predicted molar refractivity (Wildman–Crippen MR) is 216 cm³/mol. The summed E-state index contributed by atoms with van der Waals surface area (Å²) in [5.41, 5.74) is 14.1. The Balaban J connectivity index is 1.34. The molecule has 0 N–H and O–H groups in total. The lowest BCUT2D eigenvalue weighted by atomic mass is 9.73. The smallest absolute Gasteiger partial charge is 0.0781 e. The number of rotatable bonds is 6. The minimum absolute atomic E-state index is 0.200. The van der Waals surface area contributed by atoms with Crippen LogP contribution >= 0.6 is 0 Å². The van der Waals surface area contributed by atoms with Gasteiger partial charge in [0.2, 0.25) is 0 Å². The van der Waals surface area contributed by atoms with Crippen molar-refractivity contribution in [1.82, 2.24) is 0 Å². The molecule has 1 aliphatic rings. The number of benzene rings is 8. The van der Waals surface area contributed by atoms with Crippen molar-refractivity contribution >= 4 is 44.9 Å². The van der Waals surface area contributed by atoms with E-state index in [0.717, 1.165) is 22.7 Å². The number of hydrogen-bond donors (Lipinski definition) is 0. The van der Waals surface area contributed by atoms with E-state index in [1.54, 1.807) is 0 Å². The fourth-order valence-corrected chi connectivity index (χ4v) is 7.87. The van der Waals surface area contributed by atoms with Gasteiger partial charge in [0.05, 0.1) is 22.7 Å². The molecule has 51 heavy (non-hydrogen) atoms. The van der Waals surface area contributed by atoms with E-state index < -0.39 is 0 Å². The molecule has 8 aromatic carbocycles. The third-order valence-corrected chi connectivity index (χ3v) is 10.4. The summed E-state index contributed by atoms with van der Waals surface area (Å²) >= 11 is 0. The number of hydrogen-bond acceptors (Lipinski definition) is 2. The highest BCUT2D eigenvalue weighted by atomic mass is 15.2. The first kappa shape index (κ1) is 30.7. The molecule has 0 saturated carbocycles. The maximum atomic E-state index is 2.54. The van der Waals surface area contributed by atoms with Gasteiger partial charge >= 0.3 is 0 Å². The van der Waals surface area contributed by atoms with Crippen LogP contribution in [0.1, 0.15) is 25.0 Å². The molecule has 0 amide bonds. The first-order chi connectivity index (χ1) is 25.1. The Morgan fingerprint density at radius 3 is 1.67 bits per heavy atom. The minimum atomic E-state index is -0.200. The molecular formula is C49H38N2. The van der Waals surface area contributed by atoms with Crippen LogP contribution < -0.4 is 9.80 Å². The number of para-hydroxylation sites is 2. The molecule has 1 heterocycles. The largest absolute Gasteiger partial charge is 0.308 e. The van der Waals surface area contributed by atoms with Crippen LogP contribution in [0.5, 0.6) is 0 Å². The van der Waals surface area contributed by atoms with Gasteiger partial charge in [-0.1, -0.05) is 166 Å².